The predicted octanol–water partition coefficient (Wildman–Crippen LogP) is 2.39. The molecule has 2 rings (SSSR count). The predicted molar refractivity (Wildman–Crippen MR) is 61.4 cm³/mol. The molecule has 1 heterocycles. The summed E-state index contributed by atoms with van der Waals surface area (Å²) >= 11 is 0. The SMILES string of the molecule is Cc1ccc2c(c1)C(=O)N(C(C)(C)C)C2=O. The van der Waals surface area contributed by atoms with Gasteiger partial charge in [0, 0.05) is 5.54 Å². The zero-order valence-corrected chi connectivity index (χ0v) is 10.00. The number of benzene rings is 1. The Balaban J connectivity index is 2.57. The first-order valence-corrected chi connectivity index (χ1v) is 5.32. The van der Waals surface area contributed by atoms with Crippen LogP contribution >= 0.6 is 0 Å². The van der Waals surface area contributed by atoms with Crippen molar-refractivity contribution in [2.45, 2.75) is 33.2 Å². The quantitative estimate of drug-likeness (QED) is 0.626. The zero-order chi connectivity index (χ0) is 12.1. The van der Waals surface area contributed by atoms with Crippen LogP contribution in [0.3, 0.4) is 0 Å². The maximum Gasteiger partial charge on any atom is 0.262 e. The Kier molecular flexibility index (Phi) is 2.15. The van der Waals surface area contributed by atoms with E-state index in [0.717, 1.165) is 5.56 Å². The third-order valence-electron chi connectivity index (χ3n) is 2.71. The molecule has 0 spiro atoms. The van der Waals surface area contributed by atoms with E-state index in [0.29, 0.717) is 11.1 Å². The number of hydrogen-bond acceptors (Lipinski definition) is 2. The summed E-state index contributed by atoms with van der Waals surface area (Å²) in [5.74, 6) is -0.372. The van der Waals surface area contributed by atoms with Crippen LogP contribution in [0.15, 0.2) is 18.2 Å². The molecule has 2 amide bonds. The van der Waals surface area contributed by atoms with E-state index in [2.05, 4.69) is 0 Å². The van der Waals surface area contributed by atoms with Crippen LogP contribution in [0.4, 0.5) is 0 Å². The van der Waals surface area contributed by atoms with Gasteiger partial charge < -0.3 is 0 Å². The van der Waals surface area contributed by atoms with Crippen LogP contribution in [-0.4, -0.2) is 22.3 Å². The highest BCUT2D eigenvalue weighted by molar-refractivity contribution is 6.21. The van der Waals surface area contributed by atoms with E-state index in [-0.39, 0.29) is 11.8 Å². The van der Waals surface area contributed by atoms with Crippen LogP contribution < -0.4 is 0 Å². The van der Waals surface area contributed by atoms with Crippen LogP contribution in [0.5, 0.6) is 0 Å². The molecule has 0 radical (unpaired) electrons. The summed E-state index contributed by atoms with van der Waals surface area (Å²) < 4.78 is 0. The fourth-order valence-corrected chi connectivity index (χ4v) is 1.96. The van der Waals surface area contributed by atoms with E-state index in [1.807, 2.05) is 33.8 Å². The minimum Gasteiger partial charge on any atom is -0.269 e. The van der Waals surface area contributed by atoms with Crippen molar-refractivity contribution >= 4 is 11.8 Å². The molecule has 1 aliphatic heterocycles. The second-order valence-corrected chi connectivity index (χ2v) is 5.17. The minimum absolute atomic E-state index is 0.184. The van der Waals surface area contributed by atoms with Gasteiger partial charge in [-0.2, -0.15) is 0 Å². The van der Waals surface area contributed by atoms with Gasteiger partial charge in [-0.3, -0.25) is 14.5 Å². The molecule has 16 heavy (non-hydrogen) atoms. The Hall–Kier alpha value is -1.64. The third-order valence-corrected chi connectivity index (χ3v) is 2.71. The van der Waals surface area contributed by atoms with Crippen molar-refractivity contribution in [3.63, 3.8) is 0 Å². The van der Waals surface area contributed by atoms with E-state index in [9.17, 15) is 9.59 Å². The van der Waals surface area contributed by atoms with E-state index in [1.165, 1.54) is 4.90 Å². The molecule has 0 bridgehead atoms. The molecule has 0 unspecified atom stereocenters. The largest absolute Gasteiger partial charge is 0.269 e. The Bertz CT molecular complexity index is 483. The lowest BCUT2D eigenvalue weighted by Gasteiger charge is -2.29. The summed E-state index contributed by atoms with van der Waals surface area (Å²) in [6.45, 7) is 7.50. The molecule has 3 heteroatoms. The van der Waals surface area contributed by atoms with Crippen molar-refractivity contribution in [3.8, 4) is 0 Å². The van der Waals surface area contributed by atoms with Gasteiger partial charge in [0.15, 0.2) is 0 Å². The van der Waals surface area contributed by atoms with Gasteiger partial charge in [-0.25, -0.2) is 0 Å². The lowest BCUT2D eigenvalue weighted by Crippen LogP contribution is -2.45. The van der Waals surface area contributed by atoms with Crippen LogP contribution in [0, 0.1) is 6.92 Å². The molecule has 1 aromatic rings. The monoisotopic (exact) mass is 217 g/mol. The van der Waals surface area contributed by atoms with Gasteiger partial charge in [-0.1, -0.05) is 11.6 Å². The van der Waals surface area contributed by atoms with Gasteiger partial charge in [0.1, 0.15) is 0 Å². The average molecular weight is 217 g/mol. The number of aryl methyl sites for hydroxylation is 1. The van der Waals surface area contributed by atoms with Crippen molar-refractivity contribution in [2.75, 3.05) is 0 Å². The Morgan fingerprint density at radius 2 is 1.56 bits per heavy atom. The number of imide groups is 1. The van der Waals surface area contributed by atoms with Gasteiger partial charge in [-0.05, 0) is 39.8 Å². The van der Waals surface area contributed by atoms with E-state index in [4.69, 9.17) is 0 Å². The molecule has 0 N–H and O–H groups in total. The number of carbonyl (C=O) groups is 2. The minimum atomic E-state index is -0.471. The second-order valence-electron chi connectivity index (χ2n) is 5.17. The van der Waals surface area contributed by atoms with Crippen LogP contribution in [0.25, 0.3) is 0 Å². The fraction of sp³-hybridized carbons (Fsp3) is 0.385. The van der Waals surface area contributed by atoms with Gasteiger partial charge in [0.2, 0.25) is 0 Å². The van der Waals surface area contributed by atoms with Gasteiger partial charge in [0.25, 0.3) is 11.8 Å². The Morgan fingerprint density at radius 1 is 1.00 bits per heavy atom. The third kappa shape index (κ3) is 1.43. The number of amides is 2. The van der Waals surface area contributed by atoms with Gasteiger partial charge >= 0.3 is 0 Å². The lowest BCUT2D eigenvalue weighted by molar-refractivity contribution is 0.0508. The van der Waals surface area contributed by atoms with Gasteiger partial charge in [0.05, 0.1) is 11.1 Å². The molecular formula is C13H15NO2. The van der Waals surface area contributed by atoms with Crippen molar-refractivity contribution in [1.82, 2.24) is 4.90 Å². The molecule has 0 saturated carbocycles. The maximum absolute atomic E-state index is 12.1. The smallest absolute Gasteiger partial charge is 0.262 e. The summed E-state index contributed by atoms with van der Waals surface area (Å²) in [5, 5.41) is 0. The first kappa shape index (κ1) is 10.9. The van der Waals surface area contributed by atoms with Crippen LogP contribution in [0.2, 0.25) is 0 Å². The highest BCUT2D eigenvalue weighted by Crippen LogP contribution is 2.29. The van der Waals surface area contributed by atoms with Crippen LogP contribution in [-0.2, 0) is 0 Å². The summed E-state index contributed by atoms with van der Waals surface area (Å²) in [6, 6.07) is 5.37. The molecule has 1 aromatic carbocycles. The van der Waals surface area contributed by atoms with E-state index < -0.39 is 5.54 Å². The number of carbonyl (C=O) groups excluding carboxylic acids is 2. The molecular weight excluding hydrogens is 202 g/mol. The summed E-state index contributed by atoms with van der Waals surface area (Å²) in [7, 11) is 0. The number of fused-ring (bicyclic) bond motifs is 1. The van der Waals surface area contributed by atoms with Crippen molar-refractivity contribution in [1.29, 1.82) is 0 Å². The van der Waals surface area contributed by atoms with Crippen molar-refractivity contribution in [3.05, 3.63) is 34.9 Å². The second kappa shape index (κ2) is 3.17. The fourth-order valence-electron chi connectivity index (χ4n) is 1.96. The molecule has 0 aromatic heterocycles. The molecule has 1 aliphatic rings. The lowest BCUT2D eigenvalue weighted by atomic mass is 10.1. The highest BCUT2D eigenvalue weighted by atomic mass is 16.2. The molecule has 0 saturated heterocycles. The normalized spacial score (nSPS) is 15.6. The van der Waals surface area contributed by atoms with E-state index in [1.54, 1.807) is 12.1 Å². The van der Waals surface area contributed by atoms with Crippen molar-refractivity contribution in [2.24, 2.45) is 0 Å². The highest BCUT2D eigenvalue weighted by Gasteiger charge is 2.41. The zero-order valence-electron chi connectivity index (χ0n) is 10.00. The molecule has 0 atom stereocenters. The topological polar surface area (TPSA) is 37.4 Å². The molecule has 3 nitrogen and oxygen atoms in total. The molecule has 84 valence electrons. The summed E-state index contributed by atoms with van der Waals surface area (Å²) in [6.07, 6.45) is 0. The maximum atomic E-state index is 12.1. The number of nitrogens with zero attached hydrogens (tertiary/aromatic N) is 1. The first-order valence-electron chi connectivity index (χ1n) is 5.32. The number of hydrogen-bond donors (Lipinski definition) is 0. The van der Waals surface area contributed by atoms with E-state index >= 15 is 0 Å². The average Bonchev–Trinajstić information content (AvgIpc) is 2.38. The standard InChI is InChI=1S/C13H15NO2/c1-8-5-6-9-10(7-8)12(16)14(11(9)15)13(2,3)4/h5-7H,1-4H3. The van der Waals surface area contributed by atoms with Crippen molar-refractivity contribution < 1.29 is 9.59 Å². The Morgan fingerprint density at radius 3 is 2.12 bits per heavy atom. The van der Waals surface area contributed by atoms with Crippen LogP contribution in [0.1, 0.15) is 47.1 Å². The first-order chi connectivity index (χ1) is 7.32. The number of rotatable bonds is 0. The summed E-state index contributed by atoms with van der Waals surface area (Å²) in [5.41, 5.74) is 1.57. The Labute approximate surface area is 95.1 Å². The van der Waals surface area contributed by atoms with Gasteiger partial charge in [-0.15, -0.1) is 0 Å². The molecule has 0 fully saturated rings. The summed E-state index contributed by atoms with van der Waals surface area (Å²) in [4.78, 5) is 25.5. The molecule has 0 aliphatic carbocycles.